The average Bonchev–Trinajstić information content (AvgIpc) is 2.71. The Balaban J connectivity index is 1.79. The van der Waals surface area contributed by atoms with Crippen LogP contribution in [0.15, 0.2) is 77.7 Å². The first-order valence-electron chi connectivity index (χ1n) is 8.49. The number of sulfonamides is 1. The first kappa shape index (κ1) is 19.4. The molecule has 1 heterocycles. The lowest BCUT2D eigenvalue weighted by Crippen LogP contribution is -2.16. The largest absolute Gasteiger partial charge is 0.337 e. The highest BCUT2D eigenvalue weighted by molar-refractivity contribution is 7.92. The van der Waals surface area contributed by atoms with Crippen LogP contribution in [0.3, 0.4) is 0 Å². The fourth-order valence-electron chi connectivity index (χ4n) is 2.65. The first-order chi connectivity index (χ1) is 13.9. The summed E-state index contributed by atoms with van der Waals surface area (Å²) in [4.78, 5) is 9.09. The Morgan fingerprint density at radius 2 is 1.34 bits per heavy atom. The van der Waals surface area contributed by atoms with E-state index in [0.29, 0.717) is 26.8 Å². The summed E-state index contributed by atoms with van der Waals surface area (Å²) in [6.07, 6.45) is 0. The van der Waals surface area contributed by atoms with E-state index in [1.807, 2.05) is 6.07 Å². The van der Waals surface area contributed by atoms with Crippen molar-refractivity contribution in [1.29, 1.82) is 0 Å². The molecular weight excluding hydrogens is 431 g/mol. The third kappa shape index (κ3) is 4.27. The quantitative estimate of drug-likeness (QED) is 0.425. The lowest BCUT2D eigenvalue weighted by Gasteiger charge is -2.14. The number of nitrogens with one attached hydrogen (secondary N) is 2. The van der Waals surface area contributed by atoms with Gasteiger partial charge in [0.15, 0.2) is 11.6 Å². The van der Waals surface area contributed by atoms with Gasteiger partial charge in [0.2, 0.25) is 0 Å². The Kier molecular flexibility index (Phi) is 5.27. The molecule has 0 amide bonds. The number of benzene rings is 3. The van der Waals surface area contributed by atoms with Crippen molar-refractivity contribution in [3.63, 3.8) is 0 Å². The molecule has 0 spiro atoms. The van der Waals surface area contributed by atoms with Crippen molar-refractivity contribution in [2.75, 3.05) is 10.0 Å². The van der Waals surface area contributed by atoms with E-state index in [-0.39, 0.29) is 16.5 Å². The number of fused-ring (bicyclic) bond motifs is 1. The molecule has 4 rings (SSSR count). The molecule has 0 atom stereocenters. The highest BCUT2D eigenvalue weighted by atomic mass is 35.5. The molecule has 0 aliphatic heterocycles. The van der Waals surface area contributed by atoms with Crippen LogP contribution < -0.4 is 10.0 Å². The van der Waals surface area contributed by atoms with Crippen LogP contribution in [0.4, 0.5) is 17.3 Å². The number of rotatable bonds is 5. The minimum Gasteiger partial charge on any atom is -0.337 e. The van der Waals surface area contributed by atoms with E-state index >= 15 is 0 Å². The predicted molar refractivity (Wildman–Crippen MR) is 117 cm³/mol. The van der Waals surface area contributed by atoms with Crippen LogP contribution in [0.5, 0.6) is 0 Å². The molecule has 146 valence electrons. The van der Waals surface area contributed by atoms with Gasteiger partial charge in [-0.1, -0.05) is 53.5 Å². The van der Waals surface area contributed by atoms with Crippen LogP contribution >= 0.6 is 23.2 Å². The summed E-state index contributed by atoms with van der Waals surface area (Å²) >= 11 is 12.1. The molecule has 29 heavy (non-hydrogen) atoms. The molecule has 0 bridgehead atoms. The van der Waals surface area contributed by atoms with Crippen molar-refractivity contribution >= 4 is 61.6 Å². The second-order valence-electron chi connectivity index (χ2n) is 6.08. The summed E-state index contributed by atoms with van der Waals surface area (Å²) in [6, 6.07) is 20.2. The molecule has 0 fully saturated rings. The third-order valence-electron chi connectivity index (χ3n) is 4.04. The summed E-state index contributed by atoms with van der Waals surface area (Å²) in [5.74, 6) is 0.306. The molecule has 6 nitrogen and oxygen atoms in total. The topological polar surface area (TPSA) is 84.0 Å². The number of hydrogen-bond donors (Lipinski definition) is 2. The average molecular weight is 445 g/mol. The van der Waals surface area contributed by atoms with Gasteiger partial charge in [-0.25, -0.2) is 18.4 Å². The van der Waals surface area contributed by atoms with Gasteiger partial charge in [0.1, 0.15) is 0 Å². The van der Waals surface area contributed by atoms with Gasteiger partial charge in [-0.05, 0) is 42.5 Å². The monoisotopic (exact) mass is 444 g/mol. The predicted octanol–water partition coefficient (Wildman–Crippen LogP) is 5.48. The number of hydrogen-bond acceptors (Lipinski definition) is 5. The van der Waals surface area contributed by atoms with Crippen molar-refractivity contribution in [1.82, 2.24) is 9.97 Å². The van der Waals surface area contributed by atoms with Gasteiger partial charge in [0, 0.05) is 5.69 Å². The second-order valence-corrected chi connectivity index (χ2v) is 8.58. The van der Waals surface area contributed by atoms with Gasteiger partial charge in [0.25, 0.3) is 10.0 Å². The minimum absolute atomic E-state index is 0.0682. The van der Waals surface area contributed by atoms with Gasteiger partial charge < -0.3 is 5.32 Å². The van der Waals surface area contributed by atoms with Gasteiger partial charge in [0.05, 0.1) is 26.0 Å². The summed E-state index contributed by atoms with van der Waals surface area (Å²) in [7, 11) is -3.85. The number of para-hydroxylation sites is 2. The molecule has 0 saturated carbocycles. The van der Waals surface area contributed by atoms with Crippen LogP contribution in [0.2, 0.25) is 10.0 Å². The van der Waals surface area contributed by atoms with E-state index in [4.69, 9.17) is 23.2 Å². The van der Waals surface area contributed by atoms with Crippen molar-refractivity contribution in [3.8, 4) is 0 Å². The smallest absolute Gasteiger partial charge is 0.263 e. The van der Waals surface area contributed by atoms with Crippen molar-refractivity contribution in [3.05, 3.63) is 82.8 Å². The Labute approximate surface area is 177 Å². The molecule has 0 unspecified atom stereocenters. The fraction of sp³-hybridized carbons (Fsp3) is 0. The van der Waals surface area contributed by atoms with E-state index in [2.05, 4.69) is 20.0 Å². The SMILES string of the molecule is O=S(=O)(Nc1nc2ccccc2nc1Nc1ccc(Cl)c(Cl)c1)c1ccccc1. The molecular formula is C20H14Cl2N4O2S. The Morgan fingerprint density at radius 1 is 0.724 bits per heavy atom. The zero-order chi connectivity index (χ0) is 20.4. The summed E-state index contributed by atoms with van der Waals surface area (Å²) in [5, 5.41) is 3.83. The van der Waals surface area contributed by atoms with Crippen LogP contribution in [0.1, 0.15) is 0 Å². The van der Waals surface area contributed by atoms with E-state index < -0.39 is 10.0 Å². The number of aromatic nitrogens is 2. The summed E-state index contributed by atoms with van der Waals surface area (Å²) in [6.45, 7) is 0. The van der Waals surface area contributed by atoms with E-state index in [9.17, 15) is 8.42 Å². The highest BCUT2D eigenvalue weighted by Gasteiger charge is 2.19. The van der Waals surface area contributed by atoms with Crippen molar-refractivity contribution in [2.45, 2.75) is 4.90 Å². The second kappa shape index (κ2) is 7.87. The van der Waals surface area contributed by atoms with Crippen molar-refractivity contribution in [2.24, 2.45) is 0 Å². The summed E-state index contributed by atoms with van der Waals surface area (Å²) < 4.78 is 28.1. The molecule has 2 N–H and O–H groups in total. The van der Waals surface area contributed by atoms with Gasteiger partial charge in [-0.15, -0.1) is 0 Å². The molecule has 9 heteroatoms. The maximum Gasteiger partial charge on any atom is 0.263 e. The lowest BCUT2D eigenvalue weighted by atomic mass is 10.3. The maximum atomic E-state index is 12.8. The van der Waals surface area contributed by atoms with Gasteiger partial charge >= 0.3 is 0 Å². The number of nitrogens with zero attached hydrogens (tertiary/aromatic N) is 2. The Hall–Kier alpha value is -2.87. The zero-order valence-corrected chi connectivity index (χ0v) is 17.1. The normalized spacial score (nSPS) is 11.4. The van der Waals surface area contributed by atoms with Crippen LogP contribution in [0, 0.1) is 0 Å². The van der Waals surface area contributed by atoms with Gasteiger partial charge in [-0.2, -0.15) is 0 Å². The number of halogens is 2. The van der Waals surface area contributed by atoms with E-state index in [1.165, 1.54) is 12.1 Å². The highest BCUT2D eigenvalue weighted by Crippen LogP contribution is 2.30. The molecule has 3 aromatic carbocycles. The Morgan fingerprint density at radius 3 is 2.00 bits per heavy atom. The fourth-order valence-corrected chi connectivity index (χ4v) is 3.98. The lowest BCUT2D eigenvalue weighted by molar-refractivity contribution is 0.601. The first-order valence-corrected chi connectivity index (χ1v) is 10.7. The molecule has 0 saturated heterocycles. The zero-order valence-electron chi connectivity index (χ0n) is 14.8. The molecule has 0 aliphatic carbocycles. The summed E-state index contributed by atoms with van der Waals surface area (Å²) in [5.41, 5.74) is 1.75. The van der Waals surface area contributed by atoms with E-state index in [0.717, 1.165) is 0 Å². The van der Waals surface area contributed by atoms with Gasteiger partial charge in [-0.3, -0.25) is 4.72 Å². The van der Waals surface area contributed by atoms with E-state index in [1.54, 1.807) is 54.6 Å². The molecule has 0 radical (unpaired) electrons. The Bertz CT molecular complexity index is 1300. The minimum atomic E-state index is -3.85. The van der Waals surface area contributed by atoms with Crippen LogP contribution in [0.25, 0.3) is 11.0 Å². The number of anilines is 3. The molecule has 4 aromatic rings. The molecule has 0 aliphatic rings. The third-order valence-corrected chi connectivity index (χ3v) is 6.13. The van der Waals surface area contributed by atoms with Crippen LogP contribution in [-0.2, 0) is 10.0 Å². The molecule has 1 aromatic heterocycles. The van der Waals surface area contributed by atoms with Crippen LogP contribution in [-0.4, -0.2) is 18.4 Å². The van der Waals surface area contributed by atoms with Crippen molar-refractivity contribution < 1.29 is 8.42 Å². The standard InChI is InChI=1S/C20H14Cl2N4O2S/c21-15-11-10-13(12-16(15)22)23-19-20(25-18-9-5-4-8-17(18)24-19)26-29(27,28)14-6-2-1-3-7-14/h1-12H,(H,23,24)(H,25,26). The maximum absolute atomic E-state index is 12.8.